The number of carbonyl (C=O) groups is 1. The zero-order valence-corrected chi connectivity index (χ0v) is 18.4. The molecule has 1 amide bonds. The lowest BCUT2D eigenvalue weighted by atomic mass is 9.96. The molecule has 3 aromatic rings. The number of fused-ring (bicyclic) bond motifs is 1. The maximum atomic E-state index is 13.0. The molecule has 0 spiro atoms. The number of benzene rings is 1. The van der Waals surface area contributed by atoms with E-state index in [1.165, 1.54) is 4.70 Å². The van der Waals surface area contributed by atoms with Gasteiger partial charge in [0.1, 0.15) is 5.01 Å². The first kappa shape index (κ1) is 19.6. The van der Waals surface area contributed by atoms with Crippen molar-refractivity contribution in [3.8, 4) is 9.88 Å². The molecule has 2 aromatic heterocycles. The van der Waals surface area contributed by atoms with Crippen LogP contribution in [-0.4, -0.2) is 53.4 Å². The molecule has 1 aromatic carbocycles. The molecule has 0 radical (unpaired) electrons. The van der Waals surface area contributed by atoms with Crippen molar-refractivity contribution in [3.63, 3.8) is 0 Å². The SMILES string of the molecule is CC(C)N(C)CC1CCN(C(=O)c2ccc(-c3nc4ccccc4s3)s2)CC1. The van der Waals surface area contributed by atoms with E-state index in [9.17, 15) is 4.79 Å². The van der Waals surface area contributed by atoms with Gasteiger partial charge in [-0.25, -0.2) is 4.98 Å². The highest BCUT2D eigenvalue weighted by molar-refractivity contribution is 7.26. The van der Waals surface area contributed by atoms with Gasteiger partial charge in [0, 0.05) is 25.7 Å². The van der Waals surface area contributed by atoms with E-state index >= 15 is 0 Å². The van der Waals surface area contributed by atoms with Gasteiger partial charge in [-0.1, -0.05) is 12.1 Å². The molecule has 1 aliphatic heterocycles. The highest BCUT2D eigenvalue weighted by atomic mass is 32.1. The van der Waals surface area contributed by atoms with Crippen molar-refractivity contribution in [2.45, 2.75) is 32.7 Å². The van der Waals surface area contributed by atoms with Gasteiger partial charge in [-0.05, 0) is 63.9 Å². The summed E-state index contributed by atoms with van der Waals surface area (Å²) in [5.74, 6) is 0.867. The Morgan fingerprint density at radius 1 is 1.18 bits per heavy atom. The van der Waals surface area contributed by atoms with Gasteiger partial charge >= 0.3 is 0 Å². The summed E-state index contributed by atoms with van der Waals surface area (Å²) in [4.78, 5) is 24.0. The van der Waals surface area contributed by atoms with E-state index in [-0.39, 0.29) is 5.91 Å². The summed E-state index contributed by atoms with van der Waals surface area (Å²) >= 11 is 3.26. The van der Waals surface area contributed by atoms with Gasteiger partial charge in [0.15, 0.2) is 0 Å². The van der Waals surface area contributed by atoms with Crippen molar-refractivity contribution in [3.05, 3.63) is 41.3 Å². The monoisotopic (exact) mass is 413 g/mol. The van der Waals surface area contributed by atoms with Gasteiger partial charge in [-0.2, -0.15) is 0 Å². The fraction of sp³-hybridized carbons (Fsp3) is 0.455. The van der Waals surface area contributed by atoms with E-state index in [0.29, 0.717) is 12.0 Å². The van der Waals surface area contributed by atoms with Crippen LogP contribution in [0.25, 0.3) is 20.1 Å². The van der Waals surface area contributed by atoms with Crippen LogP contribution < -0.4 is 0 Å². The third-order valence-corrected chi connectivity index (χ3v) is 7.93. The Hall–Kier alpha value is -1.76. The van der Waals surface area contributed by atoms with Crippen molar-refractivity contribution >= 4 is 38.8 Å². The third-order valence-electron chi connectivity index (χ3n) is 5.65. The smallest absolute Gasteiger partial charge is 0.263 e. The van der Waals surface area contributed by atoms with Crippen molar-refractivity contribution in [2.75, 3.05) is 26.7 Å². The summed E-state index contributed by atoms with van der Waals surface area (Å²) in [6, 6.07) is 12.8. The fourth-order valence-electron chi connectivity index (χ4n) is 3.64. The molecule has 0 aliphatic carbocycles. The van der Waals surface area contributed by atoms with Crippen LogP contribution in [0.2, 0.25) is 0 Å². The number of rotatable bonds is 5. The normalized spacial score (nSPS) is 15.8. The third kappa shape index (κ3) is 4.14. The molecule has 6 heteroatoms. The highest BCUT2D eigenvalue weighted by Crippen LogP contribution is 2.35. The van der Waals surface area contributed by atoms with Crippen LogP contribution in [0.15, 0.2) is 36.4 Å². The van der Waals surface area contributed by atoms with Crippen LogP contribution in [-0.2, 0) is 0 Å². The first-order chi connectivity index (χ1) is 13.5. The molecule has 1 fully saturated rings. The maximum Gasteiger partial charge on any atom is 0.263 e. The van der Waals surface area contributed by atoms with Crippen LogP contribution in [0.5, 0.6) is 0 Å². The number of carbonyl (C=O) groups excluding carboxylic acids is 1. The summed E-state index contributed by atoms with van der Waals surface area (Å²) < 4.78 is 1.19. The van der Waals surface area contributed by atoms with Gasteiger partial charge < -0.3 is 9.80 Å². The van der Waals surface area contributed by atoms with Gasteiger partial charge in [0.2, 0.25) is 0 Å². The lowest BCUT2D eigenvalue weighted by molar-refractivity contribution is 0.0671. The Balaban J connectivity index is 1.40. The molecule has 3 heterocycles. The Morgan fingerprint density at radius 2 is 1.93 bits per heavy atom. The molecule has 0 saturated carbocycles. The predicted molar refractivity (Wildman–Crippen MR) is 119 cm³/mol. The lowest BCUT2D eigenvalue weighted by Gasteiger charge is -2.34. The van der Waals surface area contributed by atoms with Crippen LogP contribution in [0.3, 0.4) is 0 Å². The number of aromatic nitrogens is 1. The minimum Gasteiger partial charge on any atom is -0.338 e. The average Bonchev–Trinajstić information content (AvgIpc) is 3.35. The molecule has 0 N–H and O–H groups in total. The molecule has 28 heavy (non-hydrogen) atoms. The minimum absolute atomic E-state index is 0.174. The zero-order valence-electron chi connectivity index (χ0n) is 16.7. The summed E-state index contributed by atoms with van der Waals surface area (Å²) in [5.41, 5.74) is 1.03. The van der Waals surface area contributed by atoms with E-state index in [4.69, 9.17) is 4.98 Å². The Kier molecular flexibility index (Phi) is 5.80. The lowest BCUT2D eigenvalue weighted by Crippen LogP contribution is -2.41. The molecule has 4 rings (SSSR count). The van der Waals surface area contributed by atoms with Gasteiger partial charge in [0.05, 0.1) is 20.0 Å². The highest BCUT2D eigenvalue weighted by Gasteiger charge is 2.26. The van der Waals surface area contributed by atoms with Crippen LogP contribution in [0.1, 0.15) is 36.4 Å². The van der Waals surface area contributed by atoms with Crippen LogP contribution in [0, 0.1) is 5.92 Å². The number of thiazole rings is 1. The first-order valence-corrected chi connectivity index (χ1v) is 11.6. The molecule has 148 valence electrons. The molecular formula is C22H27N3OS2. The topological polar surface area (TPSA) is 36.4 Å². The number of likely N-dealkylation sites (tertiary alicyclic amines) is 1. The Morgan fingerprint density at radius 3 is 2.64 bits per heavy atom. The van der Waals surface area contributed by atoms with E-state index in [1.54, 1.807) is 22.7 Å². The van der Waals surface area contributed by atoms with E-state index < -0.39 is 0 Å². The first-order valence-electron chi connectivity index (χ1n) is 9.96. The van der Waals surface area contributed by atoms with E-state index in [2.05, 4.69) is 31.9 Å². The summed E-state index contributed by atoms with van der Waals surface area (Å²) in [6.45, 7) is 7.32. The molecule has 1 aliphatic rings. The Bertz CT molecular complexity index is 921. The number of para-hydroxylation sites is 1. The number of piperidine rings is 1. The second kappa shape index (κ2) is 8.31. The molecular weight excluding hydrogens is 386 g/mol. The van der Waals surface area contributed by atoms with Crippen molar-refractivity contribution in [2.24, 2.45) is 5.92 Å². The molecule has 0 bridgehead atoms. The van der Waals surface area contributed by atoms with Crippen molar-refractivity contribution in [1.82, 2.24) is 14.8 Å². The van der Waals surface area contributed by atoms with Crippen LogP contribution in [0.4, 0.5) is 0 Å². The Labute approximate surface area is 174 Å². The summed E-state index contributed by atoms with van der Waals surface area (Å²) in [5, 5.41) is 1.00. The predicted octanol–water partition coefficient (Wildman–Crippen LogP) is 5.22. The summed E-state index contributed by atoms with van der Waals surface area (Å²) in [7, 11) is 2.19. The minimum atomic E-state index is 0.174. The number of hydrogen-bond acceptors (Lipinski definition) is 5. The van der Waals surface area contributed by atoms with E-state index in [1.807, 2.05) is 35.2 Å². The maximum absolute atomic E-state index is 13.0. The van der Waals surface area contributed by atoms with Gasteiger partial charge in [0.25, 0.3) is 5.91 Å². The largest absolute Gasteiger partial charge is 0.338 e. The van der Waals surface area contributed by atoms with E-state index in [0.717, 1.165) is 52.8 Å². The van der Waals surface area contributed by atoms with Gasteiger partial charge in [-0.15, -0.1) is 22.7 Å². The molecule has 0 unspecified atom stereocenters. The molecule has 0 atom stereocenters. The second-order valence-corrected chi connectivity index (χ2v) is 10.0. The average molecular weight is 414 g/mol. The zero-order chi connectivity index (χ0) is 19.7. The summed E-state index contributed by atoms with van der Waals surface area (Å²) in [6.07, 6.45) is 2.19. The van der Waals surface area contributed by atoms with Crippen molar-refractivity contribution in [1.29, 1.82) is 0 Å². The molecule has 1 saturated heterocycles. The number of hydrogen-bond donors (Lipinski definition) is 0. The number of thiophene rings is 1. The molecule has 4 nitrogen and oxygen atoms in total. The van der Waals surface area contributed by atoms with Gasteiger partial charge in [-0.3, -0.25) is 4.79 Å². The second-order valence-electron chi connectivity index (χ2n) is 7.92. The quantitative estimate of drug-likeness (QED) is 0.575. The van der Waals surface area contributed by atoms with Crippen LogP contribution >= 0.6 is 22.7 Å². The fourth-order valence-corrected chi connectivity index (χ4v) is 5.63. The number of amides is 1. The van der Waals surface area contributed by atoms with Crippen molar-refractivity contribution < 1.29 is 4.79 Å². The standard InChI is InChI=1S/C22H27N3OS2/c1-15(2)24(3)14-16-10-12-25(13-11-16)22(26)20-9-8-19(27-20)21-23-17-6-4-5-7-18(17)28-21/h4-9,15-16H,10-14H2,1-3H3. The number of nitrogens with zero attached hydrogens (tertiary/aromatic N) is 3.